The molecule has 3 rings (SSSR count). The Hall–Kier alpha value is -2.76. The summed E-state index contributed by atoms with van der Waals surface area (Å²) in [5.74, 6) is -2.23. The smallest absolute Gasteiger partial charge is 0.275 e. The molecule has 1 aromatic heterocycles. The molecule has 0 saturated carbocycles. The first-order valence-electron chi connectivity index (χ1n) is 9.50. The molecule has 5 N–H and O–H groups in total. The Labute approximate surface area is 181 Å². The van der Waals surface area contributed by atoms with Gasteiger partial charge in [0.25, 0.3) is 5.91 Å². The quantitative estimate of drug-likeness (QED) is 0.503. The van der Waals surface area contributed by atoms with Crippen molar-refractivity contribution >= 4 is 23.5 Å². The van der Waals surface area contributed by atoms with Gasteiger partial charge in [-0.25, -0.2) is 18.2 Å². The maximum Gasteiger partial charge on any atom is 0.275 e. The molecular weight excluding hydrogens is 431 g/mol. The topological polar surface area (TPSA) is 113 Å². The molecule has 0 spiro atoms. The van der Waals surface area contributed by atoms with Crippen LogP contribution >= 0.6 is 11.3 Å². The van der Waals surface area contributed by atoms with Gasteiger partial charge in [0.2, 0.25) is 0 Å². The molecule has 2 heterocycles. The molecule has 1 amide bonds. The summed E-state index contributed by atoms with van der Waals surface area (Å²) in [4.78, 5) is 16.7. The molecule has 3 atom stereocenters. The molecule has 166 valence electrons. The summed E-state index contributed by atoms with van der Waals surface area (Å²) >= 11 is 0.918. The number of nitrogens with two attached hydrogens (primary N) is 1. The minimum absolute atomic E-state index is 0.0186. The van der Waals surface area contributed by atoms with E-state index < -0.39 is 35.9 Å². The number of ether oxygens (including phenoxy) is 1. The minimum atomic E-state index is -1.30. The van der Waals surface area contributed by atoms with E-state index >= 15 is 0 Å². The van der Waals surface area contributed by atoms with E-state index in [-0.39, 0.29) is 28.6 Å². The number of allylic oxidation sites excluding steroid dienone is 1. The molecule has 1 saturated heterocycles. The van der Waals surface area contributed by atoms with Crippen LogP contribution < -0.4 is 16.4 Å². The Kier molecular flexibility index (Phi) is 7.42. The third kappa shape index (κ3) is 5.12. The molecule has 1 fully saturated rings. The van der Waals surface area contributed by atoms with E-state index in [0.717, 1.165) is 29.7 Å². The predicted octanol–water partition coefficient (Wildman–Crippen LogP) is 2.74. The predicted molar refractivity (Wildman–Crippen MR) is 112 cm³/mol. The lowest BCUT2D eigenvalue weighted by molar-refractivity contribution is 0.0454. The van der Waals surface area contributed by atoms with E-state index in [4.69, 9.17) is 15.9 Å². The number of carbonyl (C=O) groups excluding carboxylic acids is 1. The summed E-state index contributed by atoms with van der Waals surface area (Å²) in [6.07, 6.45) is -0.187. The summed E-state index contributed by atoms with van der Waals surface area (Å²) in [6.45, 7) is -0.195. The van der Waals surface area contributed by atoms with Crippen molar-refractivity contribution in [1.82, 2.24) is 15.6 Å². The number of halogens is 3. The fourth-order valence-electron chi connectivity index (χ4n) is 3.20. The molecule has 2 aromatic rings. The van der Waals surface area contributed by atoms with Crippen molar-refractivity contribution in [1.29, 1.82) is 5.41 Å². The number of rotatable bonds is 6. The van der Waals surface area contributed by atoms with Crippen LogP contribution in [0.1, 0.15) is 23.3 Å². The SMILES string of the molecule is CN/C(=C(\C=N)NC(=O)c1csc(-c2c(F)cccc2F)n1)[C@@H]1CC[C@@H](N)[C@H](F)CO1. The Morgan fingerprint density at radius 3 is 2.71 bits per heavy atom. The summed E-state index contributed by atoms with van der Waals surface area (Å²) in [6, 6.07) is 2.81. The molecule has 0 aliphatic carbocycles. The largest absolute Gasteiger partial charge is 0.388 e. The van der Waals surface area contributed by atoms with Gasteiger partial charge in [-0.1, -0.05) is 6.07 Å². The van der Waals surface area contributed by atoms with E-state index in [9.17, 15) is 18.0 Å². The monoisotopic (exact) mass is 453 g/mol. The van der Waals surface area contributed by atoms with E-state index in [1.54, 1.807) is 7.05 Å². The van der Waals surface area contributed by atoms with Crippen LogP contribution in [-0.4, -0.2) is 49.1 Å². The van der Waals surface area contributed by atoms with Crippen molar-refractivity contribution in [3.05, 3.63) is 52.3 Å². The molecule has 11 heteroatoms. The first kappa shape index (κ1) is 22.9. The number of hydrogen-bond donors (Lipinski definition) is 4. The second-order valence-electron chi connectivity index (χ2n) is 6.89. The lowest BCUT2D eigenvalue weighted by Crippen LogP contribution is -2.33. The highest BCUT2D eigenvalue weighted by molar-refractivity contribution is 7.13. The van der Waals surface area contributed by atoms with Crippen LogP contribution in [0.5, 0.6) is 0 Å². The standard InChI is InChI=1S/C20H22F3N5O2S/c1-26-18(16-6-5-13(25)12(23)8-30-16)14(7-24)27-19(29)15-9-31-20(28-15)17-10(21)3-2-4-11(17)22/h2-4,7,9,12-13,16,24,26H,5-6,8,25H2,1H3,(H,27,29)/b18-14+,24-7?/t12-,13-,16+/m1/s1. The number of hydrogen-bond acceptors (Lipinski definition) is 7. The molecule has 1 aromatic carbocycles. The fourth-order valence-corrected chi connectivity index (χ4v) is 4.05. The fraction of sp³-hybridized carbons (Fsp3) is 0.350. The molecule has 1 aliphatic heterocycles. The van der Waals surface area contributed by atoms with E-state index in [1.807, 2.05) is 0 Å². The zero-order valence-corrected chi connectivity index (χ0v) is 17.4. The van der Waals surface area contributed by atoms with Crippen LogP contribution in [0, 0.1) is 17.0 Å². The minimum Gasteiger partial charge on any atom is -0.388 e. The molecule has 0 radical (unpaired) electrons. The van der Waals surface area contributed by atoms with Crippen molar-refractivity contribution < 1.29 is 22.7 Å². The maximum absolute atomic E-state index is 14.0. The van der Waals surface area contributed by atoms with Gasteiger partial charge in [0.15, 0.2) is 0 Å². The van der Waals surface area contributed by atoms with E-state index in [2.05, 4.69) is 15.6 Å². The van der Waals surface area contributed by atoms with Gasteiger partial charge in [0.1, 0.15) is 28.5 Å². The number of thiazole rings is 1. The number of benzene rings is 1. The Morgan fingerprint density at radius 2 is 2.06 bits per heavy atom. The number of aromatic nitrogens is 1. The number of nitrogens with one attached hydrogen (secondary N) is 3. The maximum atomic E-state index is 14.0. The van der Waals surface area contributed by atoms with Gasteiger partial charge in [-0.2, -0.15) is 0 Å². The Morgan fingerprint density at radius 1 is 1.35 bits per heavy atom. The first-order chi connectivity index (χ1) is 14.8. The molecular formula is C20H22F3N5O2S. The van der Waals surface area contributed by atoms with Gasteiger partial charge in [-0.05, 0) is 25.0 Å². The third-order valence-corrected chi connectivity index (χ3v) is 5.73. The lowest BCUT2D eigenvalue weighted by Gasteiger charge is -2.21. The highest BCUT2D eigenvalue weighted by Gasteiger charge is 2.28. The van der Waals surface area contributed by atoms with Crippen LogP contribution in [0.4, 0.5) is 13.2 Å². The van der Waals surface area contributed by atoms with Crippen LogP contribution in [0.3, 0.4) is 0 Å². The summed E-state index contributed by atoms with van der Waals surface area (Å²) in [5.41, 5.74) is 5.87. The van der Waals surface area contributed by atoms with Crippen molar-refractivity contribution in [3.8, 4) is 10.6 Å². The Balaban J connectivity index is 1.82. The van der Waals surface area contributed by atoms with Gasteiger partial charge in [-0.15, -0.1) is 11.3 Å². The lowest BCUT2D eigenvalue weighted by atomic mass is 10.0. The molecule has 0 unspecified atom stereocenters. The van der Waals surface area contributed by atoms with E-state index in [0.29, 0.717) is 18.5 Å². The van der Waals surface area contributed by atoms with Crippen molar-refractivity contribution in [2.45, 2.75) is 31.2 Å². The number of amides is 1. The normalized spacial score (nSPS) is 22.3. The summed E-state index contributed by atoms with van der Waals surface area (Å²) < 4.78 is 47.4. The Bertz CT molecular complexity index is 965. The summed E-state index contributed by atoms with van der Waals surface area (Å²) in [7, 11) is 1.59. The van der Waals surface area contributed by atoms with Crippen molar-refractivity contribution in [2.24, 2.45) is 5.73 Å². The van der Waals surface area contributed by atoms with Crippen LogP contribution in [0.15, 0.2) is 35.0 Å². The second kappa shape index (κ2) is 10.0. The van der Waals surface area contributed by atoms with Gasteiger partial charge in [-0.3, -0.25) is 4.79 Å². The zero-order chi connectivity index (χ0) is 22.5. The highest BCUT2D eigenvalue weighted by Crippen LogP contribution is 2.29. The number of nitrogens with zero attached hydrogens (tertiary/aromatic N) is 1. The zero-order valence-electron chi connectivity index (χ0n) is 16.6. The summed E-state index contributed by atoms with van der Waals surface area (Å²) in [5, 5.41) is 14.5. The van der Waals surface area contributed by atoms with Crippen LogP contribution in [0.25, 0.3) is 10.6 Å². The molecule has 1 aliphatic rings. The van der Waals surface area contributed by atoms with Gasteiger partial charge >= 0.3 is 0 Å². The average Bonchev–Trinajstić information content (AvgIpc) is 3.17. The van der Waals surface area contributed by atoms with Crippen molar-refractivity contribution in [2.75, 3.05) is 13.7 Å². The van der Waals surface area contributed by atoms with Crippen LogP contribution in [-0.2, 0) is 4.74 Å². The van der Waals surface area contributed by atoms with Gasteiger partial charge in [0.05, 0.1) is 29.7 Å². The average molecular weight is 453 g/mol. The molecule has 7 nitrogen and oxygen atoms in total. The number of alkyl halides is 1. The van der Waals surface area contributed by atoms with Gasteiger partial charge in [0, 0.05) is 24.7 Å². The third-order valence-electron chi connectivity index (χ3n) is 4.87. The van der Waals surface area contributed by atoms with E-state index in [1.165, 1.54) is 11.4 Å². The second-order valence-corrected chi connectivity index (χ2v) is 7.75. The number of likely N-dealkylation sites (N-methyl/N-ethyl adjacent to an activating group) is 1. The number of carbonyl (C=O) groups is 1. The first-order valence-corrected chi connectivity index (χ1v) is 10.4. The molecule has 31 heavy (non-hydrogen) atoms. The van der Waals surface area contributed by atoms with Crippen LogP contribution in [0.2, 0.25) is 0 Å². The molecule has 0 bridgehead atoms. The highest BCUT2D eigenvalue weighted by atomic mass is 32.1. The van der Waals surface area contributed by atoms with Crippen molar-refractivity contribution in [3.63, 3.8) is 0 Å². The van der Waals surface area contributed by atoms with Gasteiger partial charge < -0.3 is 26.5 Å².